The first kappa shape index (κ1) is 16.1. The average Bonchev–Trinajstić information content (AvgIpc) is 2.96. The Morgan fingerprint density at radius 3 is 2.72 bits per heavy atom. The van der Waals surface area contributed by atoms with Crippen molar-refractivity contribution in [3.05, 3.63) is 41.7 Å². The second-order valence-electron chi connectivity index (χ2n) is 7.27. The van der Waals surface area contributed by atoms with Crippen LogP contribution in [-0.4, -0.2) is 40.5 Å². The van der Waals surface area contributed by atoms with Gasteiger partial charge in [-0.2, -0.15) is 0 Å². The number of aromatic amines is 1. The Bertz CT molecular complexity index is 951. The summed E-state index contributed by atoms with van der Waals surface area (Å²) in [5.41, 5.74) is 2.46. The van der Waals surface area contributed by atoms with E-state index in [9.17, 15) is 9.90 Å². The van der Waals surface area contributed by atoms with Gasteiger partial charge in [-0.05, 0) is 12.1 Å². The summed E-state index contributed by atoms with van der Waals surface area (Å²) in [4.78, 5) is 19.2. The lowest BCUT2D eigenvalue weighted by molar-refractivity contribution is -0.220. The number of H-pyrrole nitrogens is 1. The summed E-state index contributed by atoms with van der Waals surface area (Å²) < 4.78 is 11.6. The zero-order valence-electron chi connectivity index (χ0n) is 14.2. The number of nitrogens with zero attached hydrogens (tertiary/aromatic N) is 1. The van der Waals surface area contributed by atoms with Gasteiger partial charge in [-0.15, -0.1) is 0 Å². The number of pyridine rings is 1. The van der Waals surface area contributed by atoms with Crippen molar-refractivity contribution >= 4 is 27.8 Å². The number of carboxylic acid groups (broad SMARTS) is 1. The summed E-state index contributed by atoms with van der Waals surface area (Å²) in [6.07, 6.45) is -0.0141. The molecule has 1 aliphatic rings. The number of hydrogen-bond acceptors (Lipinski definition) is 4. The molecule has 0 spiro atoms. The molecule has 3 heterocycles. The van der Waals surface area contributed by atoms with E-state index < -0.39 is 12.3 Å². The molecular formula is C19H20N2O4. The van der Waals surface area contributed by atoms with Gasteiger partial charge in [0, 0.05) is 28.1 Å². The van der Waals surface area contributed by atoms with Crippen LogP contribution in [0.4, 0.5) is 0 Å². The Morgan fingerprint density at radius 1 is 1.28 bits per heavy atom. The predicted molar refractivity (Wildman–Crippen MR) is 93.7 cm³/mol. The van der Waals surface area contributed by atoms with Gasteiger partial charge >= 0.3 is 5.97 Å². The molecule has 6 nitrogen and oxygen atoms in total. The van der Waals surface area contributed by atoms with Gasteiger partial charge in [0.05, 0.1) is 24.4 Å². The second-order valence-corrected chi connectivity index (χ2v) is 7.27. The Kier molecular flexibility index (Phi) is 3.74. The summed E-state index contributed by atoms with van der Waals surface area (Å²) in [6, 6.07) is 9.44. The number of para-hydroxylation sites is 1. The summed E-state index contributed by atoms with van der Waals surface area (Å²) in [5.74, 6) is -1.04. The summed E-state index contributed by atoms with van der Waals surface area (Å²) in [6.45, 7) is 5.38. The van der Waals surface area contributed by atoms with E-state index in [-0.39, 0.29) is 11.1 Å². The van der Waals surface area contributed by atoms with Gasteiger partial charge in [-0.3, -0.25) is 0 Å². The van der Waals surface area contributed by atoms with Gasteiger partial charge in [-0.1, -0.05) is 32.0 Å². The highest BCUT2D eigenvalue weighted by molar-refractivity contribution is 6.09. The molecule has 1 aliphatic heterocycles. The van der Waals surface area contributed by atoms with Crippen LogP contribution in [0.25, 0.3) is 21.8 Å². The molecule has 2 N–H and O–H groups in total. The lowest BCUT2D eigenvalue weighted by Gasteiger charge is -2.34. The molecule has 0 unspecified atom stereocenters. The fraction of sp³-hybridized carbons (Fsp3) is 0.368. The van der Waals surface area contributed by atoms with E-state index >= 15 is 0 Å². The molecule has 6 heteroatoms. The lowest BCUT2D eigenvalue weighted by atomic mass is 9.95. The van der Waals surface area contributed by atoms with E-state index in [0.29, 0.717) is 25.3 Å². The third-order valence-electron chi connectivity index (χ3n) is 4.47. The molecule has 0 atom stereocenters. The van der Waals surface area contributed by atoms with E-state index in [1.54, 1.807) is 6.07 Å². The van der Waals surface area contributed by atoms with Gasteiger partial charge in [0.25, 0.3) is 0 Å². The average molecular weight is 340 g/mol. The molecule has 0 amide bonds. The third-order valence-corrected chi connectivity index (χ3v) is 4.47. The van der Waals surface area contributed by atoms with E-state index in [1.807, 2.05) is 24.3 Å². The number of nitrogens with one attached hydrogen (secondary N) is 1. The topological polar surface area (TPSA) is 84.4 Å². The van der Waals surface area contributed by atoms with Crippen molar-refractivity contribution in [1.82, 2.24) is 9.97 Å². The molecule has 0 bridgehead atoms. The quantitative estimate of drug-likeness (QED) is 0.764. The van der Waals surface area contributed by atoms with Crippen molar-refractivity contribution in [2.45, 2.75) is 26.6 Å². The van der Waals surface area contributed by atoms with Crippen molar-refractivity contribution < 1.29 is 19.4 Å². The first-order valence-electron chi connectivity index (χ1n) is 8.30. The predicted octanol–water partition coefficient (Wildman–Crippen LogP) is 3.36. The molecule has 2 aromatic heterocycles. The van der Waals surface area contributed by atoms with Crippen LogP contribution in [0, 0.1) is 5.41 Å². The van der Waals surface area contributed by atoms with Crippen LogP contribution in [0.15, 0.2) is 30.3 Å². The molecule has 130 valence electrons. The molecule has 1 saturated heterocycles. The minimum absolute atomic E-state index is 0.0106. The number of aromatic carboxylic acids is 1. The van der Waals surface area contributed by atoms with Crippen molar-refractivity contribution in [2.75, 3.05) is 13.2 Å². The van der Waals surface area contributed by atoms with Crippen LogP contribution in [0.1, 0.15) is 30.0 Å². The summed E-state index contributed by atoms with van der Waals surface area (Å²) >= 11 is 0. The number of aromatic nitrogens is 2. The molecule has 1 fully saturated rings. The highest BCUT2D eigenvalue weighted by Crippen LogP contribution is 2.30. The maximum Gasteiger partial charge on any atom is 0.354 e. The fourth-order valence-electron chi connectivity index (χ4n) is 3.17. The molecule has 3 aromatic rings. The molecule has 0 aliphatic carbocycles. The van der Waals surface area contributed by atoms with Crippen molar-refractivity contribution in [3.8, 4) is 0 Å². The highest BCUT2D eigenvalue weighted by Gasteiger charge is 2.29. The number of benzene rings is 1. The van der Waals surface area contributed by atoms with E-state index in [0.717, 1.165) is 21.8 Å². The molecule has 1 aromatic carbocycles. The van der Waals surface area contributed by atoms with Crippen LogP contribution in [0.2, 0.25) is 0 Å². The zero-order valence-corrected chi connectivity index (χ0v) is 14.2. The first-order chi connectivity index (χ1) is 11.9. The van der Waals surface area contributed by atoms with Crippen LogP contribution in [0.3, 0.4) is 0 Å². The van der Waals surface area contributed by atoms with Gasteiger partial charge < -0.3 is 19.6 Å². The first-order valence-corrected chi connectivity index (χ1v) is 8.30. The van der Waals surface area contributed by atoms with Gasteiger partial charge in [-0.25, -0.2) is 9.78 Å². The number of fused-ring (bicyclic) bond motifs is 3. The normalized spacial score (nSPS) is 18.0. The Morgan fingerprint density at radius 2 is 2.00 bits per heavy atom. The molecule has 0 radical (unpaired) electrons. The van der Waals surface area contributed by atoms with Crippen LogP contribution >= 0.6 is 0 Å². The van der Waals surface area contributed by atoms with Crippen LogP contribution in [-0.2, 0) is 15.9 Å². The standard InChI is InChI=1S/C19H20N2O4/c1-19(2)9-24-16(25-10-19)8-14-17-12(7-15(20-14)18(22)23)11-5-3-4-6-13(11)21-17/h3-7,16,21H,8-10H2,1-2H3,(H,22,23). The van der Waals surface area contributed by atoms with Crippen LogP contribution < -0.4 is 0 Å². The molecule has 4 rings (SSSR count). The van der Waals surface area contributed by atoms with Crippen molar-refractivity contribution in [3.63, 3.8) is 0 Å². The monoisotopic (exact) mass is 340 g/mol. The summed E-state index contributed by atoms with van der Waals surface area (Å²) in [7, 11) is 0. The number of ether oxygens (including phenoxy) is 2. The minimum Gasteiger partial charge on any atom is -0.477 e. The number of carboxylic acids is 1. The second kappa shape index (κ2) is 5.82. The minimum atomic E-state index is -1.04. The van der Waals surface area contributed by atoms with E-state index in [2.05, 4.69) is 23.8 Å². The third kappa shape index (κ3) is 2.99. The maximum atomic E-state index is 11.5. The Hall–Kier alpha value is -2.44. The highest BCUT2D eigenvalue weighted by atomic mass is 16.7. The number of hydrogen-bond donors (Lipinski definition) is 2. The fourth-order valence-corrected chi connectivity index (χ4v) is 3.17. The van der Waals surface area contributed by atoms with Gasteiger partial charge in [0.1, 0.15) is 5.69 Å². The smallest absolute Gasteiger partial charge is 0.354 e. The number of carbonyl (C=O) groups is 1. The molecular weight excluding hydrogens is 320 g/mol. The molecule has 0 saturated carbocycles. The lowest BCUT2D eigenvalue weighted by Crippen LogP contribution is -2.38. The Balaban J connectivity index is 1.78. The van der Waals surface area contributed by atoms with E-state index in [1.165, 1.54) is 0 Å². The summed E-state index contributed by atoms with van der Waals surface area (Å²) in [5, 5.41) is 11.3. The van der Waals surface area contributed by atoms with Crippen molar-refractivity contribution in [1.29, 1.82) is 0 Å². The van der Waals surface area contributed by atoms with Gasteiger partial charge in [0.15, 0.2) is 6.29 Å². The maximum absolute atomic E-state index is 11.5. The number of rotatable bonds is 3. The van der Waals surface area contributed by atoms with E-state index in [4.69, 9.17) is 9.47 Å². The largest absolute Gasteiger partial charge is 0.477 e. The van der Waals surface area contributed by atoms with Crippen molar-refractivity contribution in [2.24, 2.45) is 5.41 Å². The molecule has 25 heavy (non-hydrogen) atoms. The van der Waals surface area contributed by atoms with Gasteiger partial charge in [0.2, 0.25) is 0 Å². The SMILES string of the molecule is CC1(C)COC(Cc2nc(C(=O)O)cc3c2[nH]c2ccccc23)OC1. The Labute approximate surface area is 144 Å². The zero-order chi connectivity index (χ0) is 17.6. The van der Waals surface area contributed by atoms with Crippen LogP contribution in [0.5, 0.6) is 0 Å².